The van der Waals surface area contributed by atoms with Crippen molar-refractivity contribution in [3.8, 4) is 5.75 Å². The van der Waals surface area contributed by atoms with Crippen molar-refractivity contribution in [2.45, 2.75) is 18.8 Å². The van der Waals surface area contributed by atoms with Crippen LogP contribution in [0.4, 0.5) is 4.39 Å². The van der Waals surface area contributed by atoms with Gasteiger partial charge >= 0.3 is 0 Å². The lowest BCUT2D eigenvalue weighted by Crippen LogP contribution is -2.21. The molecule has 0 aromatic heterocycles. The van der Waals surface area contributed by atoms with Crippen LogP contribution in [0.15, 0.2) is 53.6 Å². The van der Waals surface area contributed by atoms with Crippen molar-refractivity contribution >= 4 is 0 Å². The summed E-state index contributed by atoms with van der Waals surface area (Å²) in [5, 5.41) is 22.8. The minimum absolute atomic E-state index is 0.0914. The van der Waals surface area contributed by atoms with Crippen LogP contribution in [-0.4, -0.2) is 22.9 Å². The van der Waals surface area contributed by atoms with Crippen molar-refractivity contribution in [2.24, 2.45) is 5.11 Å². The van der Waals surface area contributed by atoms with Crippen molar-refractivity contribution in [1.82, 2.24) is 0 Å². The number of aliphatic hydroxyl groups excluding tert-OH is 2. The van der Waals surface area contributed by atoms with E-state index >= 15 is 0 Å². The van der Waals surface area contributed by atoms with Gasteiger partial charge in [0.05, 0.1) is 12.6 Å². The molecule has 6 nitrogen and oxygen atoms in total. The molecule has 2 aromatic carbocycles. The van der Waals surface area contributed by atoms with Crippen LogP contribution in [0.5, 0.6) is 5.75 Å². The number of azide groups is 1. The van der Waals surface area contributed by atoms with E-state index < -0.39 is 12.2 Å². The molecule has 2 atom stereocenters. The molecule has 2 N–H and O–H groups in total. The third-order valence-electron chi connectivity index (χ3n) is 3.27. The number of ether oxygens (including phenoxy) is 1. The number of hydrogen-bond acceptors (Lipinski definition) is 4. The highest BCUT2D eigenvalue weighted by Crippen LogP contribution is 2.21. The summed E-state index contributed by atoms with van der Waals surface area (Å²) in [6, 6.07) is 12.7. The van der Waals surface area contributed by atoms with E-state index in [9.17, 15) is 14.6 Å². The number of halogens is 1. The topological polar surface area (TPSA) is 98.5 Å². The summed E-state index contributed by atoms with van der Waals surface area (Å²) in [5.41, 5.74) is 9.11. The van der Waals surface area contributed by atoms with E-state index in [1.54, 1.807) is 42.5 Å². The lowest BCUT2D eigenvalue weighted by atomic mass is 10.0. The van der Waals surface area contributed by atoms with Crippen LogP contribution in [0, 0.1) is 5.82 Å². The standard InChI is InChI=1S/C16H16FN3O3/c17-14-4-2-1-3-12(14)10-23-13-7-5-11(6-8-13)16(22)15(21)9-19-20-18/h1-8,15-16,21-22H,9-10H2. The van der Waals surface area contributed by atoms with Gasteiger partial charge in [-0.1, -0.05) is 35.4 Å². The number of nitrogens with zero attached hydrogens (tertiary/aromatic N) is 3. The van der Waals surface area contributed by atoms with Gasteiger partial charge in [0.1, 0.15) is 24.3 Å². The summed E-state index contributed by atoms with van der Waals surface area (Å²) >= 11 is 0. The maximum atomic E-state index is 13.5. The molecule has 2 rings (SSSR count). The maximum Gasteiger partial charge on any atom is 0.129 e. The minimum atomic E-state index is -1.18. The number of rotatable bonds is 7. The molecule has 0 saturated heterocycles. The predicted molar refractivity (Wildman–Crippen MR) is 82.2 cm³/mol. The largest absolute Gasteiger partial charge is 0.489 e. The number of hydrogen-bond donors (Lipinski definition) is 2. The SMILES string of the molecule is [N-]=[N+]=NCC(O)C(O)c1ccc(OCc2ccccc2F)cc1. The lowest BCUT2D eigenvalue weighted by molar-refractivity contribution is 0.0244. The summed E-state index contributed by atoms with van der Waals surface area (Å²) in [5.74, 6) is 0.175. The molecule has 2 unspecified atom stereocenters. The predicted octanol–water partition coefficient (Wildman–Crippen LogP) is 3.11. The fourth-order valence-electron chi connectivity index (χ4n) is 1.98. The van der Waals surface area contributed by atoms with Gasteiger partial charge in [0, 0.05) is 10.5 Å². The molecule has 0 radical (unpaired) electrons. The molecule has 0 fully saturated rings. The molecule has 120 valence electrons. The highest BCUT2D eigenvalue weighted by atomic mass is 19.1. The van der Waals surface area contributed by atoms with E-state index in [2.05, 4.69) is 10.0 Å². The summed E-state index contributed by atoms with van der Waals surface area (Å²) in [4.78, 5) is 2.53. The van der Waals surface area contributed by atoms with E-state index in [0.29, 0.717) is 16.9 Å². The molecule has 0 spiro atoms. The van der Waals surface area contributed by atoms with Crippen LogP contribution in [0.25, 0.3) is 10.4 Å². The molecule has 0 aliphatic carbocycles. The van der Waals surface area contributed by atoms with E-state index in [1.807, 2.05) is 0 Å². The molecule has 0 bridgehead atoms. The molecular weight excluding hydrogens is 301 g/mol. The zero-order valence-corrected chi connectivity index (χ0v) is 12.2. The highest BCUT2D eigenvalue weighted by molar-refractivity contribution is 5.29. The van der Waals surface area contributed by atoms with Gasteiger partial charge in [-0.3, -0.25) is 0 Å². The van der Waals surface area contributed by atoms with E-state index in [-0.39, 0.29) is 19.0 Å². The Hall–Kier alpha value is -2.60. The van der Waals surface area contributed by atoms with Crippen molar-refractivity contribution in [1.29, 1.82) is 0 Å². The average Bonchev–Trinajstić information content (AvgIpc) is 2.59. The molecule has 0 amide bonds. The Labute approximate surface area is 132 Å². The van der Waals surface area contributed by atoms with Gasteiger partial charge in [-0.05, 0) is 29.3 Å². The zero-order valence-electron chi connectivity index (χ0n) is 12.2. The van der Waals surface area contributed by atoms with Gasteiger partial charge < -0.3 is 14.9 Å². The molecular formula is C16H16FN3O3. The second-order valence-corrected chi connectivity index (χ2v) is 4.87. The van der Waals surface area contributed by atoms with Crippen LogP contribution in [0.1, 0.15) is 17.2 Å². The fourth-order valence-corrected chi connectivity index (χ4v) is 1.98. The summed E-state index contributed by atoms with van der Waals surface area (Å²) in [6.45, 7) is -0.128. The first-order valence-electron chi connectivity index (χ1n) is 6.95. The summed E-state index contributed by atoms with van der Waals surface area (Å²) < 4.78 is 19.0. The van der Waals surface area contributed by atoms with Crippen molar-refractivity contribution < 1.29 is 19.3 Å². The minimum Gasteiger partial charge on any atom is -0.489 e. The first-order chi connectivity index (χ1) is 11.1. The monoisotopic (exact) mass is 317 g/mol. The lowest BCUT2D eigenvalue weighted by Gasteiger charge is -2.16. The third kappa shape index (κ3) is 4.69. The van der Waals surface area contributed by atoms with Gasteiger partial charge in [-0.2, -0.15) is 0 Å². The second kappa shape index (κ2) is 8.14. The Morgan fingerprint density at radius 2 is 1.83 bits per heavy atom. The van der Waals surface area contributed by atoms with Crippen LogP contribution >= 0.6 is 0 Å². The molecule has 0 aliphatic rings. The average molecular weight is 317 g/mol. The highest BCUT2D eigenvalue weighted by Gasteiger charge is 2.17. The summed E-state index contributed by atoms with van der Waals surface area (Å²) in [7, 11) is 0. The zero-order chi connectivity index (χ0) is 16.7. The summed E-state index contributed by atoms with van der Waals surface area (Å²) in [6.07, 6.45) is -2.35. The van der Waals surface area contributed by atoms with Gasteiger partial charge in [0.2, 0.25) is 0 Å². The van der Waals surface area contributed by atoms with Crippen LogP contribution in [0.3, 0.4) is 0 Å². The van der Waals surface area contributed by atoms with Gasteiger partial charge in [0.25, 0.3) is 0 Å². The van der Waals surface area contributed by atoms with E-state index in [4.69, 9.17) is 10.3 Å². The first kappa shape index (κ1) is 16.8. The molecule has 7 heteroatoms. The maximum absolute atomic E-state index is 13.5. The van der Waals surface area contributed by atoms with Crippen LogP contribution in [-0.2, 0) is 6.61 Å². The van der Waals surface area contributed by atoms with Crippen molar-refractivity contribution in [2.75, 3.05) is 6.54 Å². The molecule has 2 aromatic rings. The Kier molecular flexibility index (Phi) is 5.94. The Balaban J connectivity index is 1.96. The molecule has 0 aliphatic heterocycles. The molecule has 0 saturated carbocycles. The van der Waals surface area contributed by atoms with Crippen molar-refractivity contribution in [3.63, 3.8) is 0 Å². The normalized spacial score (nSPS) is 13.0. The number of benzene rings is 2. The Morgan fingerprint density at radius 3 is 2.48 bits per heavy atom. The number of aliphatic hydroxyl groups is 2. The molecule has 23 heavy (non-hydrogen) atoms. The second-order valence-electron chi connectivity index (χ2n) is 4.87. The van der Waals surface area contributed by atoms with Gasteiger partial charge in [-0.25, -0.2) is 4.39 Å². The van der Waals surface area contributed by atoms with Gasteiger partial charge in [-0.15, -0.1) is 0 Å². The van der Waals surface area contributed by atoms with Gasteiger partial charge in [0.15, 0.2) is 0 Å². The van der Waals surface area contributed by atoms with Crippen molar-refractivity contribution in [3.05, 3.63) is 75.9 Å². The smallest absolute Gasteiger partial charge is 0.129 e. The Morgan fingerprint density at radius 1 is 1.13 bits per heavy atom. The molecule has 0 heterocycles. The van der Waals surface area contributed by atoms with E-state index in [1.165, 1.54) is 6.07 Å². The first-order valence-corrected chi connectivity index (χ1v) is 6.95. The van der Waals surface area contributed by atoms with Crippen LogP contribution in [0.2, 0.25) is 0 Å². The quantitative estimate of drug-likeness (QED) is 0.466. The Bertz CT molecular complexity index is 687. The van der Waals surface area contributed by atoms with Crippen LogP contribution < -0.4 is 4.74 Å². The fraction of sp³-hybridized carbons (Fsp3) is 0.250. The van der Waals surface area contributed by atoms with E-state index in [0.717, 1.165) is 0 Å². The third-order valence-corrected chi connectivity index (χ3v) is 3.27.